The van der Waals surface area contributed by atoms with Crippen molar-refractivity contribution >= 4 is 27.5 Å². The minimum atomic E-state index is -3.77. The van der Waals surface area contributed by atoms with Crippen molar-refractivity contribution in [1.29, 1.82) is 0 Å². The molecule has 0 spiro atoms. The maximum Gasteiger partial charge on any atom is 0.251 e. The van der Waals surface area contributed by atoms with Crippen LogP contribution in [-0.4, -0.2) is 44.4 Å². The van der Waals surface area contributed by atoms with E-state index in [4.69, 9.17) is 16.3 Å². The van der Waals surface area contributed by atoms with E-state index in [9.17, 15) is 17.6 Å². The monoisotopic (exact) mass is 454 g/mol. The molecule has 1 atom stereocenters. The molecule has 2 aromatic carbocycles. The van der Waals surface area contributed by atoms with Gasteiger partial charge < -0.3 is 10.1 Å². The third kappa shape index (κ3) is 5.30. The molecule has 30 heavy (non-hydrogen) atoms. The van der Waals surface area contributed by atoms with Crippen molar-refractivity contribution in [3.05, 3.63) is 58.9 Å². The van der Waals surface area contributed by atoms with E-state index >= 15 is 0 Å². The number of carbonyl (C=O) groups excluding carboxylic acids is 1. The van der Waals surface area contributed by atoms with Gasteiger partial charge in [0.1, 0.15) is 11.5 Å². The number of hydrogen-bond acceptors (Lipinski definition) is 4. The Hall–Kier alpha value is -2.16. The molecule has 162 valence electrons. The lowest BCUT2D eigenvalue weighted by Gasteiger charge is -2.26. The van der Waals surface area contributed by atoms with Gasteiger partial charge in [-0.15, -0.1) is 0 Å². The van der Waals surface area contributed by atoms with Gasteiger partial charge in [0.05, 0.1) is 11.1 Å². The van der Waals surface area contributed by atoms with Crippen molar-refractivity contribution in [2.75, 3.05) is 19.7 Å². The number of nitrogens with one attached hydrogen (secondary N) is 1. The average Bonchev–Trinajstić information content (AvgIpc) is 2.74. The summed E-state index contributed by atoms with van der Waals surface area (Å²) in [6, 6.07) is 9.74. The van der Waals surface area contributed by atoms with Gasteiger partial charge in [0.2, 0.25) is 10.0 Å². The highest BCUT2D eigenvalue weighted by molar-refractivity contribution is 7.89. The fourth-order valence-electron chi connectivity index (χ4n) is 3.21. The Bertz CT molecular complexity index is 1010. The van der Waals surface area contributed by atoms with E-state index < -0.39 is 27.8 Å². The van der Waals surface area contributed by atoms with Crippen molar-refractivity contribution in [2.24, 2.45) is 0 Å². The van der Waals surface area contributed by atoms with Gasteiger partial charge in [0.25, 0.3) is 5.91 Å². The summed E-state index contributed by atoms with van der Waals surface area (Å²) in [5.74, 6) is -0.854. The SMILES string of the molecule is CC(COc1ccccc1F)NC(=O)c1ccc(Cl)c(S(=O)(=O)N2CCCCC2)c1. The Labute approximate surface area is 181 Å². The van der Waals surface area contributed by atoms with E-state index in [0.29, 0.717) is 13.1 Å². The van der Waals surface area contributed by atoms with Crippen LogP contribution >= 0.6 is 11.6 Å². The number of amides is 1. The summed E-state index contributed by atoms with van der Waals surface area (Å²) in [4.78, 5) is 12.5. The molecule has 0 saturated carbocycles. The second-order valence-electron chi connectivity index (χ2n) is 7.23. The highest BCUT2D eigenvalue weighted by Crippen LogP contribution is 2.28. The van der Waals surface area contributed by atoms with Crippen LogP contribution in [-0.2, 0) is 10.0 Å². The number of hydrogen-bond donors (Lipinski definition) is 1. The lowest BCUT2D eigenvalue weighted by atomic mass is 10.2. The first-order valence-corrected chi connectivity index (χ1v) is 11.6. The van der Waals surface area contributed by atoms with Crippen LogP contribution in [0.4, 0.5) is 4.39 Å². The lowest BCUT2D eigenvalue weighted by molar-refractivity contribution is 0.0926. The highest BCUT2D eigenvalue weighted by Gasteiger charge is 2.29. The second kappa shape index (κ2) is 9.76. The van der Waals surface area contributed by atoms with Gasteiger partial charge in [-0.1, -0.05) is 30.2 Å². The zero-order chi connectivity index (χ0) is 21.7. The molecule has 1 unspecified atom stereocenters. The Morgan fingerprint density at radius 2 is 1.90 bits per heavy atom. The molecule has 0 aliphatic carbocycles. The van der Waals surface area contributed by atoms with Crippen molar-refractivity contribution < 1.29 is 22.3 Å². The molecule has 1 aliphatic heterocycles. The Kier molecular flexibility index (Phi) is 7.33. The van der Waals surface area contributed by atoms with Crippen LogP contribution in [0.3, 0.4) is 0 Å². The molecule has 3 rings (SSSR count). The fourth-order valence-corrected chi connectivity index (χ4v) is 5.23. The third-order valence-electron chi connectivity index (χ3n) is 4.83. The molecular formula is C21H24ClFN2O4S. The standard InChI is InChI=1S/C21H24ClFN2O4S/c1-15(14-29-19-8-4-3-7-18(19)23)24-21(26)16-9-10-17(22)20(13-16)30(27,28)25-11-5-2-6-12-25/h3-4,7-10,13,15H,2,5-6,11-12,14H2,1H3,(H,24,26). The van der Waals surface area contributed by atoms with Crippen LogP contribution in [0.15, 0.2) is 47.4 Å². The average molecular weight is 455 g/mol. The fraction of sp³-hybridized carbons (Fsp3) is 0.381. The molecule has 1 fully saturated rings. The number of para-hydroxylation sites is 1. The molecule has 1 N–H and O–H groups in total. The summed E-state index contributed by atoms with van der Waals surface area (Å²) < 4.78 is 46.3. The molecule has 1 amide bonds. The molecule has 0 aromatic heterocycles. The van der Waals surface area contributed by atoms with Gasteiger partial charge in [-0.25, -0.2) is 12.8 Å². The number of halogens is 2. The molecule has 2 aromatic rings. The van der Waals surface area contributed by atoms with Gasteiger partial charge >= 0.3 is 0 Å². The molecule has 1 saturated heterocycles. The van der Waals surface area contributed by atoms with Crippen molar-refractivity contribution in [3.63, 3.8) is 0 Å². The first kappa shape index (κ1) is 22.5. The van der Waals surface area contributed by atoms with Crippen LogP contribution in [0.2, 0.25) is 5.02 Å². The molecule has 0 radical (unpaired) electrons. The smallest absolute Gasteiger partial charge is 0.251 e. The molecular weight excluding hydrogens is 431 g/mol. The zero-order valence-corrected chi connectivity index (χ0v) is 18.2. The van der Waals surface area contributed by atoms with Gasteiger partial charge in [0, 0.05) is 18.7 Å². The summed E-state index contributed by atoms with van der Waals surface area (Å²) >= 11 is 6.15. The number of piperidine rings is 1. The van der Waals surface area contributed by atoms with Crippen molar-refractivity contribution in [1.82, 2.24) is 9.62 Å². The number of benzene rings is 2. The normalized spacial score (nSPS) is 16.1. The van der Waals surface area contributed by atoms with Gasteiger partial charge in [-0.3, -0.25) is 4.79 Å². The van der Waals surface area contributed by atoms with Crippen LogP contribution in [0.25, 0.3) is 0 Å². The number of ether oxygens (including phenoxy) is 1. The molecule has 1 heterocycles. The van der Waals surface area contributed by atoms with Gasteiger partial charge in [-0.2, -0.15) is 4.31 Å². The first-order valence-electron chi connectivity index (χ1n) is 9.77. The maximum atomic E-state index is 13.6. The Morgan fingerprint density at radius 1 is 1.20 bits per heavy atom. The van der Waals surface area contributed by atoms with E-state index in [0.717, 1.165) is 19.3 Å². The summed E-state index contributed by atoms with van der Waals surface area (Å²) in [6.07, 6.45) is 2.60. The van der Waals surface area contributed by atoms with Crippen LogP contribution in [0.5, 0.6) is 5.75 Å². The van der Waals surface area contributed by atoms with Gasteiger partial charge in [-0.05, 0) is 50.1 Å². The summed E-state index contributed by atoms with van der Waals surface area (Å²) in [5, 5.41) is 2.80. The Morgan fingerprint density at radius 3 is 2.60 bits per heavy atom. The number of rotatable bonds is 7. The quantitative estimate of drug-likeness (QED) is 0.689. The van der Waals surface area contributed by atoms with Crippen LogP contribution < -0.4 is 10.1 Å². The summed E-state index contributed by atoms with van der Waals surface area (Å²) in [5.41, 5.74) is 0.174. The summed E-state index contributed by atoms with van der Waals surface area (Å²) in [7, 11) is -3.77. The van der Waals surface area contributed by atoms with Crippen molar-refractivity contribution in [2.45, 2.75) is 37.1 Å². The predicted molar refractivity (Wildman–Crippen MR) is 113 cm³/mol. The number of carbonyl (C=O) groups is 1. The lowest BCUT2D eigenvalue weighted by Crippen LogP contribution is -2.37. The summed E-state index contributed by atoms with van der Waals surface area (Å²) in [6.45, 7) is 2.65. The molecule has 6 nitrogen and oxygen atoms in total. The van der Waals surface area contributed by atoms with Crippen molar-refractivity contribution in [3.8, 4) is 5.75 Å². The number of sulfonamides is 1. The highest BCUT2D eigenvalue weighted by atomic mass is 35.5. The first-order chi connectivity index (χ1) is 14.3. The minimum absolute atomic E-state index is 0.0548. The molecule has 9 heteroatoms. The molecule has 0 bridgehead atoms. The largest absolute Gasteiger partial charge is 0.488 e. The minimum Gasteiger partial charge on any atom is -0.488 e. The second-order valence-corrected chi connectivity index (χ2v) is 9.54. The van der Waals surface area contributed by atoms with E-state index in [2.05, 4.69) is 5.32 Å². The third-order valence-corrected chi connectivity index (χ3v) is 7.21. The van der Waals surface area contributed by atoms with E-state index in [1.165, 1.54) is 34.6 Å². The number of nitrogens with zero attached hydrogens (tertiary/aromatic N) is 1. The molecule has 1 aliphatic rings. The topological polar surface area (TPSA) is 75.7 Å². The van der Waals surface area contributed by atoms with Crippen LogP contribution in [0, 0.1) is 5.82 Å². The van der Waals surface area contributed by atoms with E-state index in [1.54, 1.807) is 19.1 Å². The predicted octanol–water partition coefficient (Wildman–Crippen LogP) is 3.85. The maximum absolute atomic E-state index is 13.6. The van der Waals surface area contributed by atoms with Gasteiger partial charge in [0.15, 0.2) is 11.6 Å². The van der Waals surface area contributed by atoms with E-state index in [-0.39, 0.29) is 27.8 Å². The zero-order valence-electron chi connectivity index (χ0n) is 16.6. The van der Waals surface area contributed by atoms with Crippen LogP contribution in [0.1, 0.15) is 36.5 Å². The Balaban J connectivity index is 1.69. The van der Waals surface area contributed by atoms with E-state index in [1.807, 2.05) is 0 Å².